The lowest BCUT2D eigenvalue weighted by molar-refractivity contribution is 0.638. The van der Waals surface area contributed by atoms with E-state index in [0.29, 0.717) is 0 Å². The Morgan fingerprint density at radius 2 is 2.00 bits per heavy atom. The Bertz CT molecular complexity index is 44.3. The van der Waals surface area contributed by atoms with Crippen molar-refractivity contribution in [1.82, 2.24) is 10.0 Å². The summed E-state index contributed by atoms with van der Waals surface area (Å²) >= 11 is 3.87. The van der Waals surface area contributed by atoms with Gasteiger partial charge in [-0.3, -0.25) is 4.72 Å². The van der Waals surface area contributed by atoms with Crippen LogP contribution in [0.25, 0.3) is 0 Å². The molecule has 0 aromatic heterocycles. The van der Waals surface area contributed by atoms with Gasteiger partial charge in [0.05, 0.1) is 0 Å². The van der Waals surface area contributed by atoms with E-state index in [-0.39, 0.29) is 0 Å². The predicted molar refractivity (Wildman–Crippen MR) is 44.8 cm³/mol. The van der Waals surface area contributed by atoms with Crippen LogP contribution in [0.5, 0.6) is 0 Å². The van der Waals surface area contributed by atoms with Gasteiger partial charge in [-0.05, 0) is 25.9 Å². The van der Waals surface area contributed by atoms with Gasteiger partial charge < -0.3 is 5.32 Å². The second-order valence-corrected chi connectivity index (χ2v) is 2.33. The third-order valence-electron chi connectivity index (χ3n) is 1.07. The van der Waals surface area contributed by atoms with Gasteiger partial charge in [0.1, 0.15) is 0 Å². The van der Waals surface area contributed by atoms with Crippen molar-refractivity contribution in [2.24, 2.45) is 0 Å². The quantitative estimate of drug-likeness (QED) is 0.383. The summed E-state index contributed by atoms with van der Waals surface area (Å²) in [5.74, 6) is 0. The molecule has 0 heterocycles. The van der Waals surface area contributed by atoms with Crippen LogP contribution in [0.4, 0.5) is 0 Å². The zero-order chi connectivity index (χ0) is 6.95. The smallest absolute Gasteiger partial charge is 0.00682 e. The summed E-state index contributed by atoms with van der Waals surface area (Å²) < 4.78 is 2.80. The van der Waals surface area contributed by atoms with Crippen LogP contribution in [0.1, 0.15) is 19.8 Å². The van der Waals surface area contributed by atoms with Crippen LogP contribution in [-0.4, -0.2) is 19.6 Å². The highest BCUT2D eigenvalue weighted by atomic mass is 32.1. The Morgan fingerprint density at radius 3 is 2.56 bits per heavy atom. The van der Waals surface area contributed by atoms with E-state index in [1.807, 2.05) is 0 Å². The lowest BCUT2D eigenvalue weighted by atomic mass is 10.4. The highest BCUT2D eigenvalue weighted by Crippen LogP contribution is 1.75. The molecule has 2 nitrogen and oxygen atoms in total. The van der Waals surface area contributed by atoms with Gasteiger partial charge in [-0.15, -0.1) is 0 Å². The largest absolute Gasteiger partial charge is 0.317 e. The van der Waals surface area contributed by atoms with E-state index in [1.165, 1.54) is 6.42 Å². The van der Waals surface area contributed by atoms with Crippen LogP contribution in [0, 0.1) is 0 Å². The Balaban J connectivity index is 2.60. The Kier molecular flexibility index (Phi) is 8.52. The minimum Gasteiger partial charge on any atom is -0.317 e. The van der Waals surface area contributed by atoms with Crippen molar-refractivity contribution in [2.45, 2.75) is 19.8 Å². The fourth-order valence-electron chi connectivity index (χ4n) is 0.594. The van der Waals surface area contributed by atoms with E-state index in [9.17, 15) is 0 Å². The first kappa shape index (κ1) is 9.27. The first-order chi connectivity index (χ1) is 4.41. The molecule has 0 aromatic rings. The number of thiol groups is 1. The molecule has 0 aromatic carbocycles. The van der Waals surface area contributed by atoms with E-state index >= 15 is 0 Å². The summed E-state index contributed by atoms with van der Waals surface area (Å²) in [5, 5.41) is 3.30. The topological polar surface area (TPSA) is 24.1 Å². The molecule has 0 radical (unpaired) electrons. The highest BCUT2D eigenvalue weighted by molar-refractivity contribution is 7.78. The summed E-state index contributed by atoms with van der Waals surface area (Å²) in [6, 6.07) is 0. The first-order valence-electron chi connectivity index (χ1n) is 3.49. The van der Waals surface area contributed by atoms with Gasteiger partial charge in [0, 0.05) is 6.54 Å². The summed E-state index contributed by atoms with van der Waals surface area (Å²) in [7, 11) is 0. The van der Waals surface area contributed by atoms with Gasteiger partial charge in [0.2, 0.25) is 0 Å². The Morgan fingerprint density at radius 1 is 1.22 bits per heavy atom. The predicted octanol–water partition coefficient (Wildman–Crippen LogP) is 0.810. The van der Waals surface area contributed by atoms with Crippen molar-refractivity contribution < 1.29 is 0 Å². The summed E-state index contributed by atoms with van der Waals surface area (Å²) in [6.07, 6.45) is 2.37. The van der Waals surface area contributed by atoms with Gasteiger partial charge in [-0.1, -0.05) is 19.7 Å². The summed E-state index contributed by atoms with van der Waals surface area (Å²) in [4.78, 5) is 0. The maximum absolute atomic E-state index is 3.87. The zero-order valence-corrected chi connectivity index (χ0v) is 6.88. The molecule has 3 heteroatoms. The average Bonchev–Trinajstić information content (AvgIpc) is 1.89. The minimum atomic E-state index is 0.986. The Hall–Kier alpha value is 0.270. The SMILES string of the molecule is CCCNCCCNS. The van der Waals surface area contributed by atoms with E-state index < -0.39 is 0 Å². The van der Waals surface area contributed by atoms with Crippen LogP contribution < -0.4 is 10.0 Å². The number of nitrogens with one attached hydrogen (secondary N) is 2. The summed E-state index contributed by atoms with van der Waals surface area (Å²) in [5.41, 5.74) is 0. The molecular weight excluding hydrogens is 132 g/mol. The monoisotopic (exact) mass is 148 g/mol. The van der Waals surface area contributed by atoms with Gasteiger partial charge in [0.15, 0.2) is 0 Å². The molecule has 0 aliphatic rings. The molecular formula is C6H16N2S. The maximum atomic E-state index is 3.87. The minimum absolute atomic E-state index is 0.986. The lowest BCUT2D eigenvalue weighted by Crippen LogP contribution is -2.18. The standard InChI is InChI=1S/C6H16N2S/c1-2-4-7-5-3-6-8-9/h7-9H,2-6H2,1H3. The molecule has 9 heavy (non-hydrogen) atoms. The highest BCUT2D eigenvalue weighted by Gasteiger charge is 1.83. The van der Waals surface area contributed by atoms with Crippen LogP contribution >= 0.6 is 12.8 Å². The van der Waals surface area contributed by atoms with E-state index in [2.05, 4.69) is 29.8 Å². The first-order valence-corrected chi connectivity index (χ1v) is 3.94. The van der Waals surface area contributed by atoms with Crippen molar-refractivity contribution >= 4 is 12.8 Å². The Labute approximate surface area is 63.0 Å². The molecule has 2 N–H and O–H groups in total. The molecule has 0 aliphatic heterocycles. The van der Waals surface area contributed by atoms with Crippen molar-refractivity contribution in [3.63, 3.8) is 0 Å². The molecule has 0 atom stereocenters. The summed E-state index contributed by atoms with van der Waals surface area (Å²) in [6.45, 7) is 5.39. The molecule has 0 bridgehead atoms. The van der Waals surface area contributed by atoms with Gasteiger partial charge in [-0.2, -0.15) is 0 Å². The van der Waals surface area contributed by atoms with E-state index in [1.54, 1.807) is 0 Å². The van der Waals surface area contributed by atoms with Crippen molar-refractivity contribution in [3.8, 4) is 0 Å². The molecule has 0 saturated carbocycles. The van der Waals surface area contributed by atoms with Crippen molar-refractivity contribution in [1.29, 1.82) is 0 Å². The number of hydrogen-bond donors (Lipinski definition) is 3. The van der Waals surface area contributed by atoms with Crippen LogP contribution in [0.3, 0.4) is 0 Å². The number of hydrogen-bond acceptors (Lipinski definition) is 3. The zero-order valence-electron chi connectivity index (χ0n) is 5.98. The van der Waals surface area contributed by atoms with E-state index in [4.69, 9.17) is 0 Å². The van der Waals surface area contributed by atoms with Gasteiger partial charge >= 0.3 is 0 Å². The maximum Gasteiger partial charge on any atom is 0.00682 e. The van der Waals surface area contributed by atoms with Crippen molar-refractivity contribution in [3.05, 3.63) is 0 Å². The normalized spacial score (nSPS) is 10.0. The third-order valence-corrected chi connectivity index (χ3v) is 1.29. The molecule has 56 valence electrons. The van der Waals surface area contributed by atoms with Crippen LogP contribution in [-0.2, 0) is 0 Å². The molecule has 0 amide bonds. The lowest BCUT2D eigenvalue weighted by Gasteiger charge is -2.00. The molecule has 0 rings (SSSR count). The van der Waals surface area contributed by atoms with E-state index in [0.717, 1.165) is 26.1 Å². The molecule has 0 saturated heterocycles. The molecule has 0 spiro atoms. The number of rotatable bonds is 6. The molecule has 0 unspecified atom stereocenters. The van der Waals surface area contributed by atoms with Gasteiger partial charge in [-0.25, -0.2) is 0 Å². The van der Waals surface area contributed by atoms with Crippen molar-refractivity contribution in [2.75, 3.05) is 19.6 Å². The molecule has 0 aliphatic carbocycles. The van der Waals surface area contributed by atoms with Gasteiger partial charge in [0.25, 0.3) is 0 Å². The van der Waals surface area contributed by atoms with Crippen LogP contribution in [0.2, 0.25) is 0 Å². The second-order valence-electron chi connectivity index (χ2n) is 2.01. The fourth-order valence-corrected chi connectivity index (χ4v) is 0.752. The molecule has 0 fully saturated rings. The van der Waals surface area contributed by atoms with Crippen LogP contribution in [0.15, 0.2) is 0 Å². The second kappa shape index (κ2) is 8.27. The fraction of sp³-hybridized carbons (Fsp3) is 1.00. The third kappa shape index (κ3) is 8.27. The average molecular weight is 148 g/mol.